The van der Waals surface area contributed by atoms with Gasteiger partial charge in [0, 0.05) is 18.5 Å². The Morgan fingerprint density at radius 2 is 2.26 bits per heavy atom. The van der Waals surface area contributed by atoms with Gasteiger partial charge in [-0.1, -0.05) is 42.3 Å². The molecule has 2 heterocycles. The lowest BCUT2D eigenvalue weighted by atomic mass is 9.81. The average Bonchev–Trinajstić information content (AvgIpc) is 3.12. The van der Waals surface area contributed by atoms with Gasteiger partial charge in [0.25, 0.3) is 0 Å². The predicted molar refractivity (Wildman–Crippen MR) is 90.8 cm³/mol. The van der Waals surface area contributed by atoms with Crippen LogP contribution in [0.5, 0.6) is 0 Å². The third-order valence-electron chi connectivity index (χ3n) is 5.47. The number of pyridine rings is 1. The van der Waals surface area contributed by atoms with Gasteiger partial charge < -0.3 is 9.64 Å². The summed E-state index contributed by atoms with van der Waals surface area (Å²) in [6, 6.07) is 10.0. The molecule has 2 unspecified atom stereocenters. The summed E-state index contributed by atoms with van der Waals surface area (Å²) in [5.41, 5.74) is -0.367. The monoisotopic (exact) mass is 330 g/mol. The van der Waals surface area contributed by atoms with Gasteiger partial charge in [0.05, 0.1) is 12.5 Å². The topological polar surface area (TPSA) is 42.4 Å². The molecule has 1 aromatic heterocycles. The van der Waals surface area contributed by atoms with Gasteiger partial charge in [-0.05, 0) is 30.2 Å². The summed E-state index contributed by atoms with van der Waals surface area (Å²) in [5.74, 6) is 1.13. The molecule has 4 rings (SSSR count). The van der Waals surface area contributed by atoms with Crippen molar-refractivity contribution in [1.29, 1.82) is 0 Å². The Labute approximate surface area is 140 Å². The Bertz CT molecular complexity index is 779. The highest BCUT2D eigenvalue weighted by molar-refractivity contribution is 6.34. The lowest BCUT2D eigenvalue weighted by Crippen LogP contribution is -2.37. The van der Waals surface area contributed by atoms with Crippen molar-refractivity contribution in [3.8, 4) is 0 Å². The zero-order valence-electron chi connectivity index (χ0n) is 13.1. The Morgan fingerprint density at radius 1 is 1.43 bits per heavy atom. The number of rotatable bonds is 2. The fraction of sp³-hybridized carbons (Fsp3) is 0.444. The van der Waals surface area contributed by atoms with Gasteiger partial charge in [0.15, 0.2) is 0 Å². The molecule has 2 aliphatic rings. The first kappa shape index (κ1) is 14.8. The first-order chi connectivity index (χ1) is 11.1. The number of carbonyl (C=O) groups is 1. The molecule has 4 nitrogen and oxygen atoms in total. The molecular formula is C18H19ClN2O2. The van der Waals surface area contributed by atoms with Gasteiger partial charge in [-0.2, -0.15) is 0 Å². The Morgan fingerprint density at radius 3 is 3.09 bits per heavy atom. The molecule has 2 atom stereocenters. The van der Waals surface area contributed by atoms with Crippen LogP contribution >= 0.6 is 11.6 Å². The van der Waals surface area contributed by atoms with Crippen molar-refractivity contribution in [2.24, 2.45) is 11.3 Å². The zero-order valence-corrected chi connectivity index (χ0v) is 13.8. The Balaban J connectivity index is 1.71. The standard InChI is InChI=1S/C18H19ClN2O2/c1-23-17(22)18-8-4-6-13(18)10-21(11-18)15-9-12-5-2-3-7-14(12)16(19)20-15/h2-3,5,7,9,13H,4,6,8,10-11H2,1H3. The van der Waals surface area contributed by atoms with Crippen molar-refractivity contribution in [3.63, 3.8) is 0 Å². The summed E-state index contributed by atoms with van der Waals surface area (Å²) in [4.78, 5) is 19.1. The molecule has 0 spiro atoms. The van der Waals surface area contributed by atoms with E-state index in [-0.39, 0.29) is 11.4 Å². The third kappa shape index (κ3) is 2.19. The van der Waals surface area contributed by atoms with E-state index < -0.39 is 0 Å². The van der Waals surface area contributed by atoms with Crippen LogP contribution in [-0.4, -0.2) is 31.2 Å². The zero-order chi connectivity index (χ0) is 16.0. The molecule has 0 N–H and O–H groups in total. The fourth-order valence-electron chi connectivity index (χ4n) is 4.31. The summed E-state index contributed by atoms with van der Waals surface area (Å²) in [7, 11) is 1.49. The van der Waals surface area contributed by atoms with Crippen LogP contribution in [-0.2, 0) is 9.53 Å². The van der Waals surface area contributed by atoms with Crippen molar-refractivity contribution in [3.05, 3.63) is 35.5 Å². The number of hydrogen-bond acceptors (Lipinski definition) is 4. The van der Waals surface area contributed by atoms with Crippen LogP contribution in [0.4, 0.5) is 5.82 Å². The highest BCUT2D eigenvalue weighted by Crippen LogP contribution is 2.50. The second-order valence-corrected chi connectivity index (χ2v) is 6.97. The van der Waals surface area contributed by atoms with Gasteiger partial charge in [-0.25, -0.2) is 4.98 Å². The largest absolute Gasteiger partial charge is 0.469 e. The molecule has 2 aromatic rings. The number of aromatic nitrogens is 1. The minimum Gasteiger partial charge on any atom is -0.469 e. The van der Waals surface area contributed by atoms with E-state index >= 15 is 0 Å². The molecule has 1 saturated heterocycles. The van der Waals surface area contributed by atoms with Crippen LogP contribution in [0.25, 0.3) is 10.8 Å². The SMILES string of the molecule is COC(=O)C12CCCC1CN(c1cc3ccccc3c(Cl)n1)C2. The molecule has 23 heavy (non-hydrogen) atoms. The summed E-state index contributed by atoms with van der Waals surface area (Å²) >= 11 is 6.36. The number of methoxy groups -OCH3 is 1. The van der Waals surface area contributed by atoms with Crippen molar-refractivity contribution >= 4 is 34.2 Å². The van der Waals surface area contributed by atoms with E-state index in [1.54, 1.807) is 0 Å². The Kier molecular flexibility index (Phi) is 3.45. The number of benzene rings is 1. The molecule has 1 saturated carbocycles. The summed E-state index contributed by atoms with van der Waals surface area (Å²) in [6.45, 7) is 1.52. The highest BCUT2D eigenvalue weighted by atomic mass is 35.5. The van der Waals surface area contributed by atoms with Crippen molar-refractivity contribution in [2.45, 2.75) is 19.3 Å². The molecule has 0 radical (unpaired) electrons. The average molecular weight is 331 g/mol. The van der Waals surface area contributed by atoms with Crippen LogP contribution in [0.1, 0.15) is 19.3 Å². The first-order valence-electron chi connectivity index (χ1n) is 8.03. The fourth-order valence-corrected chi connectivity index (χ4v) is 4.56. The smallest absolute Gasteiger partial charge is 0.313 e. The molecule has 5 heteroatoms. The summed E-state index contributed by atoms with van der Waals surface area (Å²) in [5, 5.41) is 2.55. The maximum atomic E-state index is 12.4. The quantitative estimate of drug-likeness (QED) is 0.622. The van der Waals surface area contributed by atoms with E-state index in [4.69, 9.17) is 16.3 Å². The number of halogens is 1. The molecule has 1 aliphatic carbocycles. The molecule has 2 fully saturated rings. The van der Waals surface area contributed by atoms with E-state index in [9.17, 15) is 4.79 Å². The molecule has 120 valence electrons. The van der Waals surface area contributed by atoms with E-state index in [0.717, 1.165) is 42.4 Å². The van der Waals surface area contributed by atoms with Gasteiger partial charge in [-0.3, -0.25) is 4.79 Å². The highest BCUT2D eigenvalue weighted by Gasteiger charge is 2.55. The van der Waals surface area contributed by atoms with E-state index in [2.05, 4.69) is 16.0 Å². The second kappa shape index (κ2) is 5.38. The maximum Gasteiger partial charge on any atom is 0.313 e. The Hall–Kier alpha value is -1.81. The van der Waals surface area contributed by atoms with Crippen molar-refractivity contribution < 1.29 is 9.53 Å². The molecular weight excluding hydrogens is 312 g/mol. The normalized spacial score (nSPS) is 26.5. The maximum absolute atomic E-state index is 12.4. The summed E-state index contributed by atoms with van der Waals surface area (Å²) < 4.78 is 5.10. The second-order valence-electron chi connectivity index (χ2n) is 6.61. The van der Waals surface area contributed by atoms with Gasteiger partial charge in [-0.15, -0.1) is 0 Å². The van der Waals surface area contributed by atoms with Crippen molar-refractivity contribution in [2.75, 3.05) is 25.1 Å². The summed E-state index contributed by atoms with van der Waals surface area (Å²) in [6.07, 6.45) is 3.08. The van der Waals surface area contributed by atoms with E-state index in [1.165, 1.54) is 7.11 Å². The molecule has 1 aliphatic heterocycles. The molecule has 1 aromatic carbocycles. The first-order valence-corrected chi connectivity index (χ1v) is 8.40. The van der Waals surface area contributed by atoms with Crippen LogP contribution in [0, 0.1) is 11.3 Å². The van der Waals surface area contributed by atoms with Crippen LogP contribution in [0.2, 0.25) is 5.15 Å². The van der Waals surface area contributed by atoms with E-state index in [1.807, 2.05) is 24.3 Å². The predicted octanol–water partition coefficient (Wildman–Crippen LogP) is 3.67. The number of hydrogen-bond donors (Lipinski definition) is 0. The lowest BCUT2D eigenvalue weighted by molar-refractivity contribution is -0.152. The van der Waals surface area contributed by atoms with Crippen LogP contribution in [0.3, 0.4) is 0 Å². The number of esters is 1. The number of nitrogens with zero attached hydrogens (tertiary/aromatic N) is 2. The van der Waals surface area contributed by atoms with Crippen molar-refractivity contribution in [1.82, 2.24) is 4.98 Å². The third-order valence-corrected chi connectivity index (χ3v) is 5.76. The van der Waals surface area contributed by atoms with Gasteiger partial charge >= 0.3 is 5.97 Å². The van der Waals surface area contributed by atoms with Crippen LogP contribution in [0.15, 0.2) is 30.3 Å². The minimum atomic E-state index is -0.367. The number of carbonyl (C=O) groups excluding carboxylic acids is 1. The number of ether oxygens (including phenoxy) is 1. The number of anilines is 1. The lowest BCUT2D eigenvalue weighted by Gasteiger charge is -2.25. The van der Waals surface area contributed by atoms with Gasteiger partial charge in [0.2, 0.25) is 0 Å². The molecule has 0 amide bonds. The number of fused-ring (bicyclic) bond motifs is 2. The van der Waals surface area contributed by atoms with E-state index in [0.29, 0.717) is 17.6 Å². The molecule has 0 bridgehead atoms. The van der Waals surface area contributed by atoms with Crippen LogP contribution < -0.4 is 4.90 Å². The minimum absolute atomic E-state index is 0.0746. The van der Waals surface area contributed by atoms with Gasteiger partial charge in [0.1, 0.15) is 11.0 Å².